The quantitative estimate of drug-likeness (QED) is 0.788. The Balaban J connectivity index is 1.86. The maximum Gasteiger partial charge on any atom is 0.260 e. The largest absolute Gasteiger partial charge is 0.497 e. The normalized spacial score (nSPS) is 10.1. The van der Waals surface area contributed by atoms with Gasteiger partial charge in [0.2, 0.25) is 0 Å². The van der Waals surface area contributed by atoms with Gasteiger partial charge < -0.3 is 14.4 Å². The Morgan fingerprint density at radius 1 is 1.14 bits per heavy atom. The predicted octanol–water partition coefficient (Wildman–Crippen LogP) is 3.50. The molecule has 0 unspecified atom stereocenters. The summed E-state index contributed by atoms with van der Waals surface area (Å²) in [5, 5.41) is 0. The Morgan fingerprint density at radius 2 is 1.86 bits per heavy atom. The van der Waals surface area contributed by atoms with Crippen LogP contribution in [0, 0.1) is 0 Å². The van der Waals surface area contributed by atoms with Crippen LogP contribution in [0.5, 0.6) is 11.5 Å². The molecule has 0 bridgehead atoms. The first-order chi connectivity index (χ1) is 10.6. The van der Waals surface area contributed by atoms with E-state index in [2.05, 4.69) is 15.9 Å². The molecular formula is C17H18BrNO3. The molecule has 2 rings (SSSR count). The van der Waals surface area contributed by atoms with Crippen LogP contribution < -0.4 is 9.47 Å². The standard InChI is InChI=1S/C17H18BrNO3/c1-19(11-13-6-8-15(21-2)9-7-13)17(20)12-22-16-5-3-4-14(18)10-16/h3-10H,11-12H2,1-2H3. The van der Waals surface area contributed by atoms with Gasteiger partial charge in [-0.05, 0) is 35.9 Å². The van der Waals surface area contributed by atoms with Crippen molar-refractivity contribution in [1.82, 2.24) is 4.90 Å². The minimum Gasteiger partial charge on any atom is -0.497 e. The third kappa shape index (κ3) is 4.77. The molecule has 0 saturated carbocycles. The molecule has 0 aliphatic heterocycles. The second kappa shape index (κ2) is 7.84. The summed E-state index contributed by atoms with van der Waals surface area (Å²) >= 11 is 3.37. The molecule has 0 N–H and O–H groups in total. The smallest absolute Gasteiger partial charge is 0.260 e. The second-order valence-corrected chi connectivity index (χ2v) is 5.76. The highest BCUT2D eigenvalue weighted by molar-refractivity contribution is 9.10. The molecule has 116 valence electrons. The van der Waals surface area contributed by atoms with Crippen LogP contribution in [0.15, 0.2) is 53.0 Å². The van der Waals surface area contributed by atoms with Crippen molar-refractivity contribution < 1.29 is 14.3 Å². The summed E-state index contributed by atoms with van der Waals surface area (Å²) in [6.07, 6.45) is 0. The maximum absolute atomic E-state index is 12.1. The van der Waals surface area contributed by atoms with E-state index in [-0.39, 0.29) is 12.5 Å². The number of carbonyl (C=O) groups is 1. The highest BCUT2D eigenvalue weighted by Crippen LogP contribution is 2.18. The average molecular weight is 364 g/mol. The molecule has 2 aromatic rings. The number of ether oxygens (including phenoxy) is 2. The highest BCUT2D eigenvalue weighted by atomic mass is 79.9. The van der Waals surface area contributed by atoms with Gasteiger partial charge in [-0.1, -0.05) is 34.1 Å². The van der Waals surface area contributed by atoms with E-state index in [1.807, 2.05) is 48.5 Å². The molecular weight excluding hydrogens is 346 g/mol. The van der Waals surface area contributed by atoms with Gasteiger partial charge in [-0.3, -0.25) is 4.79 Å². The van der Waals surface area contributed by atoms with Gasteiger partial charge in [0.15, 0.2) is 6.61 Å². The SMILES string of the molecule is COc1ccc(CN(C)C(=O)COc2cccc(Br)c2)cc1. The van der Waals surface area contributed by atoms with Crippen molar-refractivity contribution in [3.63, 3.8) is 0 Å². The van der Waals surface area contributed by atoms with Gasteiger partial charge in [0, 0.05) is 18.1 Å². The van der Waals surface area contributed by atoms with Crippen molar-refractivity contribution in [2.24, 2.45) is 0 Å². The van der Waals surface area contributed by atoms with Gasteiger partial charge in [-0.25, -0.2) is 0 Å². The van der Waals surface area contributed by atoms with E-state index in [1.54, 1.807) is 19.1 Å². The van der Waals surface area contributed by atoms with Crippen molar-refractivity contribution in [3.8, 4) is 11.5 Å². The summed E-state index contributed by atoms with van der Waals surface area (Å²) in [6, 6.07) is 15.1. The summed E-state index contributed by atoms with van der Waals surface area (Å²) in [5.74, 6) is 1.40. The molecule has 0 radical (unpaired) electrons. The zero-order chi connectivity index (χ0) is 15.9. The molecule has 2 aromatic carbocycles. The summed E-state index contributed by atoms with van der Waals surface area (Å²) < 4.78 is 11.5. The van der Waals surface area contributed by atoms with Gasteiger partial charge in [0.1, 0.15) is 11.5 Å². The van der Waals surface area contributed by atoms with Crippen LogP contribution in [-0.4, -0.2) is 31.6 Å². The fourth-order valence-corrected chi connectivity index (χ4v) is 2.28. The Bertz CT molecular complexity index is 628. The second-order valence-electron chi connectivity index (χ2n) is 4.84. The summed E-state index contributed by atoms with van der Waals surface area (Å²) in [7, 11) is 3.39. The van der Waals surface area contributed by atoms with Crippen LogP contribution in [-0.2, 0) is 11.3 Å². The predicted molar refractivity (Wildman–Crippen MR) is 89.1 cm³/mol. The zero-order valence-electron chi connectivity index (χ0n) is 12.6. The first-order valence-corrected chi connectivity index (χ1v) is 7.63. The lowest BCUT2D eigenvalue weighted by atomic mass is 10.2. The van der Waals surface area contributed by atoms with Gasteiger partial charge in [0.25, 0.3) is 5.91 Å². The summed E-state index contributed by atoms with van der Waals surface area (Å²) in [4.78, 5) is 13.7. The van der Waals surface area contributed by atoms with Crippen molar-refractivity contribution >= 4 is 21.8 Å². The number of methoxy groups -OCH3 is 1. The van der Waals surface area contributed by atoms with Crippen LogP contribution in [0.2, 0.25) is 0 Å². The third-order valence-electron chi connectivity index (χ3n) is 3.16. The number of nitrogens with zero attached hydrogens (tertiary/aromatic N) is 1. The van der Waals surface area contributed by atoms with Gasteiger partial charge in [-0.2, -0.15) is 0 Å². The minimum absolute atomic E-state index is 0.0170. The Hall–Kier alpha value is -2.01. The van der Waals surface area contributed by atoms with E-state index in [0.29, 0.717) is 12.3 Å². The molecule has 0 aromatic heterocycles. The molecule has 0 heterocycles. The van der Waals surface area contributed by atoms with Crippen LogP contribution in [0.25, 0.3) is 0 Å². The molecule has 4 nitrogen and oxygen atoms in total. The van der Waals surface area contributed by atoms with Crippen LogP contribution in [0.3, 0.4) is 0 Å². The van der Waals surface area contributed by atoms with Crippen LogP contribution in [0.4, 0.5) is 0 Å². The van der Waals surface area contributed by atoms with Crippen molar-refractivity contribution in [2.45, 2.75) is 6.54 Å². The molecule has 0 aliphatic carbocycles. The summed E-state index contributed by atoms with van der Waals surface area (Å²) in [6.45, 7) is 0.549. The Kier molecular flexibility index (Phi) is 5.83. The molecule has 0 saturated heterocycles. The van der Waals surface area contributed by atoms with E-state index < -0.39 is 0 Å². The Labute approximate surface area is 138 Å². The third-order valence-corrected chi connectivity index (χ3v) is 3.66. The van der Waals surface area contributed by atoms with Crippen LogP contribution in [0.1, 0.15) is 5.56 Å². The van der Waals surface area contributed by atoms with E-state index in [0.717, 1.165) is 15.8 Å². The Morgan fingerprint density at radius 3 is 2.50 bits per heavy atom. The first-order valence-electron chi connectivity index (χ1n) is 6.84. The number of benzene rings is 2. The number of halogens is 1. The van der Waals surface area contributed by atoms with Gasteiger partial charge in [0.05, 0.1) is 7.11 Å². The van der Waals surface area contributed by atoms with Gasteiger partial charge in [-0.15, -0.1) is 0 Å². The fourth-order valence-electron chi connectivity index (χ4n) is 1.91. The van der Waals surface area contributed by atoms with Crippen molar-refractivity contribution in [3.05, 3.63) is 58.6 Å². The molecule has 0 aliphatic rings. The van der Waals surface area contributed by atoms with Crippen LogP contribution >= 0.6 is 15.9 Å². The molecule has 1 amide bonds. The average Bonchev–Trinajstić information content (AvgIpc) is 2.53. The molecule has 0 spiro atoms. The topological polar surface area (TPSA) is 38.8 Å². The summed E-state index contributed by atoms with van der Waals surface area (Å²) in [5.41, 5.74) is 1.04. The number of hydrogen-bond donors (Lipinski definition) is 0. The van der Waals surface area contributed by atoms with E-state index in [9.17, 15) is 4.79 Å². The molecule has 0 atom stereocenters. The number of amides is 1. The van der Waals surface area contributed by atoms with E-state index in [1.165, 1.54) is 0 Å². The first kappa shape index (κ1) is 16.4. The number of rotatable bonds is 6. The maximum atomic E-state index is 12.1. The van der Waals surface area contributed by atoms with Gasteiger partial charge >= 0.3 is 0 Å². The monoisotopic (exact) mass is 363 g/mol. The number of likely N-dealkylation sites (N-methyl/N-ethyl adjacent to an activating group) is 1. The van der Waals surface area contributed by atoms with Crippen molar-refractivity contribution in [2.75, 3.05) is 20.8 Å². The lowest BCUT2D eigenvalue weighted by Gasteiger charge is -2.18. The fraction of sp³-hybridized carbons (Fsp3) is 0.235. The number of carbonyl (C=O) groups excluding carboxylic acids is 1. The lowest BCUT2D eigenvalue weighted by molar-refractivity contribution is -0.132. The molecule has 5 heteroatoms. The highest BCUT2D eigenvalue weighted by Gasteiger charge is 2.10. The minimum atomic E-state index is -0.0733. The number of hydrogen-bond acceptors (Lipinski definition) is 3. The van der Waals surface area contributed by atoms with E-state index in [4.69, 9.17) is 9.47 Å². The van der Waals surface area contributed by atoms with Crippen molar-refractivity contribution in [1.29, 1.82) is 0 Å². The van der Waals surface area contributed by atoms with E-state index >= 15 is 0 Å². The molecule has 0 fully saturated rings. The molecule has 22 heavy (non-hydrogen) atoms. The zero-order valence-corrected chi connectivity index (χ0v) is 14.2. The lowest BCUT2D eigenvalue weighted by Crippen LogP contribution is -2.30.